The molecule has 0 saturated carbocycles. The summed E-state index contributed by atoms with van der Waals surface area (Å²) in [6, 6.07) is 8.19. The average Bonchev–Trinajstić information content (AvgIpc) is 2.90. The molecular weight excluding hydrogens is 523 g/mol. The predicted octanol–water partition coefficient (Wildman–Crippen LogP) is 9.32. The van der Waals surface area contributed by atoms with Crippen molar-refractivity contribution in [1.82, 2.24) is 0 Å². The summed E-state index contributed by atoms with van der Waals surface area (Å²) < 4.78 is 11.0. The molecule has 2 rings (SSSR count). The molecule has 0 saturated heterocycles. The molecule has 0 aliphatic rings. The van der Waals surface area contributed by atoms with Crippen LogP contribution in [0.25, 0.3) is 0 Å². The number of carbonyl (C=O) groups is 2. The maximum absolute atomic E-state index is 12.8. The first kappa shape index (κ1) is 32.0. The summed E-state index contributed by atoms with van der Waals surface area (Å²) in [5.74, 6) is -1.11. The summed E-state index contributed by atoms with van der Waals surface area (Å²) in [7, 11) is 0. The van der Waals surface area contributed by atoms with Gasteiger partial charge in [0.15, 0.2) is 5.75 Å². The lowest BCUT2D eigenvalue weighted by Gasteiger charge is -2.12. The highest BCUT2D eigenvalue weighted by atomic mass is 35.5. The van der Waals surface area contributed by atoms with E-state index in [1.54, 1.807) is 24.3 Å². The fourth-order valence-corrected chi connectivity index (χ4v) is 4.78. The second-order valence-corrected chi connectivity index (χ2v) is 10.6. The highest BCUT2D eigenvalue weighted by Crippen LogP contribution is 2.33. The molecule has 210 valence electrons. The zero-order valence-corrected chi connectivity index (χ0v) is 24.3. The number of hydrogen-bond donors (Lipinski definition) is 1. The normalized spacial score (nSPS) is 10.9. The maximum Gasteiger partial charge on any atom is 0.338 e. The standard InChI is InChI=1S/C31H42Cl2O5/c1-3-5-7-9-11-13-15-37-30(35)25-18-23(17-24-20-27(32)29(34)28(33)21-24)19-26(22-25)31(36)38-16-14-12-10-8-6-4-2/h18-22,34H,3-17H2,1-2H3. The van der Waals surface area contributed by atoms with E-state index in [4.69, 9.17) is 32.7 Å². The van der Waals surface area contributed by atoms with E-state index in [2.05, 4.69) is 13.8 Å². The molecule has 0 heterocycles. The van der Waals surface area contributed by atoms with Crippen molar-refractivity contribution in [2.45, 2.75) is 97.3 Å². The molecule has 0 amide bonds. The first-order valence-corrected chi connectivity index (χ1v) is 14.8. The van der Waals surface area contributed by atoms with E-state index < -0.39 is 11.9 Å². The topological polar surface area (TPSA) is 72.8 Å². The van der Waals surface area contributed by atoms with Gasteiger partial charge in [-0.15, -0.1) is 0 Å². The Morgan fingerprint density at radius 1 is 0.632 bits per heavy atom. The largest absolute Gasteiger partial charge is 0.505 e. The first-order chi connectivity index (χ1) is 18.3. The number of esters is 2. The number of phenols is 1. The molecule has 1 N–H and O–H groups in total. The zero-order chi connectivity index (χ0) is 27.8. The SMILES string of the molecule is CCCCCCCCOC(=O)c1cc(Cc2cc(Cl)c(O)c(Cl)c2)cc(C(=O)OCCCCCCCC)c1. The van der Waals surface area contributed by atoms with E-state index in [1.165, 1.54) is 44.6 Å². The lowest BCUT2D eigenvalue weighted by atomic mass is 9.99. The Balaban J connectivity index is 2.08. The minimum Gasteiger partial charge on any atom is -0.505 e. The van der Waals surface area contributed by atoms with Crippen molar-refractivity contribution in [3.05, 3.63) is 62.6 Å². The van der Waals surface area contributed by atoms with E-state index in [0.717, 1.165) is 44.1 Å². The van der Waals surface area contributed by atoms with Gasteiger partial charge in [-0.25, -0.2) is 9.59 Å². The Kier molecular flexibility index (Phi) is 15.2. The van der Waals surface area contributed by atoms with Crippen LogP contribution in [0.5, 0.6) is 5.75 Å². The number of hydrogen-bond acceptors (Lipinski definition) is 5. The van der Waals surface area contributed by atoms with E-state index in [-0.39, 0.29) is 15.8 Å². The maximum atomic E-state index is 12.8. The lowest BCUT2D eigenvalue weighted by Crippen LogP contribution is -2.12. The number of phenolic OH excluding ortho intramolecular Hbond substituents is 1. The number of rotatable bonds is 18. The van der Waals surface area contributed by atoms with Crippen molar-refractivity contribution < 1.29 is 24.2 Å². The Bertz CT molecular complexity index is 950. The van der Waals surface area contributed by atoms with E-state index in [1.807, 2.05) is 0 Å². The minimum atomic E-state index is -0.466. The highest BCUT2D eigenvalue weighted by Gasteiger charge is 2.16. The zero-order valence-electron chi connectivity index (χ0n) is 22.8. The fraction of sp³-hybridized carbons (Fsp3) is 0.548. The van der Waals surface area contributed by atoms with Crippen LogP contribution in [0, 0.1) is 0 Å². The van der Waals surface area contributed by atoms with Crippen LogP contribution in [0.4, 0.5) is 0 Å². The second kappa shape index (κ2) is 18.1. The molecular formula is C31H42Cl2O5. The van der Waals surface area contributed by atoms with Crippen molar-refractivity contribution in [2.75, 3.05) is 13.2 Å². The van der Waals surface area contributed by atoms with Crippen molar-refractivity contribution in [2.24, 2.45) is 0 Å². The summed E-state index contributed by atoms with van der Waals surface area (Å²) in [6.07, 6.45) is 13.5. The van der Waals surface area contributed by atoms with Gasteiger partial charge in [-0.1, -0.05) is 101 Å². The van der Waals surface area contributed by atoms with Crippen LogP contribution in [0.2, 0.25) is 10.0 Å². The van der Waals surface area contributed by atoms with Crippen molar-refractivity contribution in [3.63, 3.8) is 0 Å². The third-order valence-electron chi connectivity index (χ3n) is 6.41. The Morgan fingerprint density at radius 3 is 1.47 bits per heavy atom. The summed E-state index contributed by atoms with van der Waals surface area (Å²) in [4.78, 5) is 25.7. The number of carbonyl (C=O) groups excluding carboxylic acids is 2. The van der Waals surface area contributed by atoms with Crippen LogP contribution in [0.1, 0.15) is 123 Å². The number of ether oxygens (including phenoxy) is 2. The molecule has 0 radical (unpaired) electrons. The Morgan fingerprint density at radius 2 is 1.03 bits per heavy atom. The number of aromatic hydroxyl groups is 1. The van der Waals surface area contributed by atoms with Gasteiger partial charge in [0.05, 0.1) is 34.4 Å². The molecule has 7 heteroatoms. The quantitative estimate of drug-likeness (QED) is 0.144. The summed E-state index contributed by atoms with van der Waals surface area (Å²) in [6.45, 7) is 5.05. The molecule has 0 unspecified atom stereocenters. The van der Waals surface area contributed by atoms with Gasteiger partial charge in [0.25, 0.3) is 0 Å². The van der Waals surface area contributed by atoms with Crippen LogP contribution in [-0.2, 0) is 15.9 Å². The summed E-state index contributed by atoms with van der Waals surface area (Å²) >= 11 is 12.2. The summed E-state index contributed by atoms with van der Waals surface area (Å²) in [5.41, 5.74) is 2.05. The van der Waals surface area contributed by atoms with Crippen molar-refractivity contribution >= 4 is 35.1 Å². The molecule has 0 aliphatic carbocycles. The van der Waals surface area contributed by atoms with Crippen LogP contribution in [0.15, 0.2) is 30.3 Å². The van der Waals surface area contributed by atoms with Gasteiger partial charge in [0.2, 0.25) is 0 Å². The monoisotopic (exact) mass is 564 g/mol. The van der Waals surface area contributed by atoms with Gasteiger partial charge < -0.3 is 14.6 Å². The molecule has 2 aromatic rings. The number of unbranched alkanes of at least 4 members (excludes halogenated alkanes) is 10. The Hall–Kier alpha value is -2.24. The third kappa shape index (κ3) is 11.7. The van der Waals surface area contributed by atoms with Gasteiger partial charge >= 0.3 is 11.9 Å². The Labute approximate surface area is 237 Å². The predicted molar refractivity (Wildman–Crippen MR) is 155 cm³/mol. The van der Waals surface area contributed by atoms with Crippen molar-refractivity contribution in [1.29, 1.82) is 0 Å². The van der Waals surface area contributed by atoms with Gasteiger partial charge in [-0.3, -0.25) is 0 Å². The van der Waals surface area contributed by atoms with E-state index in [0.29, 0.717) is 36.3 Å². The molecule has 0 spiro atoms. The molecule has 0 bridgehead atoms. The molecule has 0 fully saturated rings. The molecule has 2 aromatic carbocycles. The van der Waals surface area contributed by atoms with Crippen molar-refractivity contribution in [3.8, 4) is 5.75 Å². The molecule has 0 aliphatic heterocycles. The first-order valence-electron chi connectivity index (χ1n) is 14.0. The molecule has 0 aromatic heterocycles. The van der Waals surface area contributed by atoms with E-state index in [9.17, 15) is 14.7 Å². The summed E-state index contributed by atoms with van der Waals surface area (Å²) in [5, 5.41) is 10.1. The van der Waals surface area contributed by atoms with Gasteiger partial charge in [0.1, 0.15) is 0 Å². The highest BCUT2D eigenvalue weighted by molar-refractivity contribution is 6.37. The van der Waals surface area contributed by atoms with Crippen LogP contribution < -0.4 is 0 Å². The molecule has 5 nitrogen and oxygen atoms in total. The smallest absolute Gasteiger partial charge is 0.338 e. The molecule has 38 heavy (non-hydrogen) atoms. The lowest BCUT2D eigenvalue weighted by molar-refractivity contribution is 0.0496. The third-order valence-corrected chi connectivity index (χ3v) is 6.99. The van der Waals surface area contributed by atoms with Crippen LogP contribution >= 0.6 is 23.2 Å². The van der Waals surface area contributed by atoms with Gasteiger partial charge in [0, 0.05) is 0 Å². The second-order valence-electron chi connectivity index (χ2n) is 9.81. The minimum absolute atomic E-state index is 0.139. The number of halogens is 2. The van der Waals surface area contributed by atoms with E-state index >= 15 is 0 Å². The average molecular weight is 566 g/mol. The van der Waals surface area contributed by atoms with Gasteiger partial charge in [-0.2, -0.15) is 0 Å². The fourth-order valence-electron chi connectivity index (χ4n) is 4.25. The van der Waals surface area contributed by atoms with Crippen LogP contribution in [0.3, 0.4) is 0 Å². The molecule has 0 atom stereocenters. The number of benzene rings is 2. The van der Waals surface area contributed by atoms with Gasteiger partial charge in [-0.05, 0) is 60.7 Å². The van der Waals surface area contributed by atoms with Crippen LogP contribution in [-0.4, -0.2) is 30.3 Å².